The number of nitrogens with one attached hydrogen (secondary N) is 1. The average molecular weight is 262 g/mol. The third-order valence-electron chi connectivity index (χ3n) is 3.21. The van der Waals surface area contributed by atoms with Crippen molar-refractivity contribution in [1.82, 2.24) is 5.32 Å². The molecule has 5 nitrogen and oxygen atoms in total. The molecular formula is C14H18N2O3. The molecule has 1 aromatic rings. The van der Waals surface area contributed by atoms with Crippen molar-refractivity contribution in [2.75, 3.05) is 25.1 Å². The Bertz CT molecular complexity index is 487. The molecule has 1 N–H and O–H groups in total. The number of rotatable bonds is 4. The summed E-state index contributed by atoms with van der Waals surface area (Å²) in [7, 11) is 1.59. The first-order valence-electron chi connectivity index (χ1n) is 6.37. The van der Waals surface area contributed by atoms with E-state index in [2.05, 4.69) is 5.32 Å². The number of anilines is 1. The Kier molecular flexibility index (Phi) is 4.04. The maximum absolute atomic E-state index is 12.0. The first-order chi connectivity index (χ1) is 9.15. The van der Waals surface area contributed by atoms with Crippen LogP contribution in [0.15, 0.2) is 24.3 Å². The topological polar surface area (TPSA) is 58.6 Å². The van der Waals surface area contributed by atoms with Gasteiger partial charge in [-0.3, -0.25) is 9.59 Å². The highest BCUT2D eigenvalue weighted by Crippen LogP contribution is 2.27. The quantitative estimate of drug-likeness (QED) is 0.886. The van der Waals surface area contributed by atoms with Crippen LogP contribution in [0.25, 0.3) is 0 Å². The Labute approximate surface area is 112 Å². The summed E-state index contributed by atoms with van der Waals surface area (Å²) in [6.07, 6.45) is 0.267. The van der Waals surface area contributed by atoms with Crippen LogP contribution in [0, 0.1) is 5.92 Å². The van der Waals surface area contributed by atoms with Crippen molar-refractivity contribution < 1.29 is 14.3 Å². The molecule has 0 aromatic heterocycles. The summed E-state index contributed by atoms with van der Waals surface area (Å²) in [5, 5.41) is 2.76. The van der Waals surface area contributed by atoms with Crippen molar-refractivity contribution in [3.05, 3.63) is 24.3 Å². The molecule has 0 radical (unpaired) electrons. The Balaban J connectivity index is 2.13. The average Bonchev–Trinajstić information content (AvgIpc) is 2.81. The van der Waals surface area contributed by atoms with Gasteiger partial charge in [0.2, 0.25) is 11.8 Å². The fraction of sp³-hybridized carbons (Fsp3) is 0.429. The number of ether oxygens (including phenoxy) is 1. The SMILES string of the molecule is CCNC(=O)[C@H]1CC(=O)N(c2cccc(OC)c2)C1. The minimum atomic E-state index is -0.265. The molecule has 1 heterocycles. The number of carbonyl (C=O) groups excluding carboxylic acids is 2. The normalized spacial score (nSPS) is 18.5. The number of amides is 2. The molecule has 0 aliphatic carbocycles. The van der Waals surface area contributed by atoms with E-state index in [4.69, 9.17) is 4.74 Å². The van der Waals surface area contributed by atoms with Gasteiger partial charge >= 0.3 is 0 Å². The van der Waals surface area contributed by atoms with Gasteiger partial charge in [-0.2, -0.15) is 0 Å². The zero-order valence-electron chi connectivity index (χ0n) is 11.2. The molecule has 102 valence electrons. The van der Waals surface area contributed by atoms with E-state index in [-0.39, 0.29) is 24.2 Å². The number of methoxy groups -OCH3 is 1. The van der Waals surface area contributed by atoms with Gasteiger partial charge in [0.25, 0.3) is 0 Å². The van der Waals surface area contributed by atoms with E-state index in [1.165, 1.54) is 0 Å². The minimum Gasteiger partial charge on any atom is -0.497 e. The van der Waals surface area contributed by atoms with Crippen molar-refractivity contribution in [1.29, 1.82) is 0 Å². The Morgan fingerprint density at radius 1 is 1.53 bits per heavy atom. The van der Waals surface area contributed by atoms with E-state index in [1.54, 1.807) is 18.1 Å². The molecular weight excluding hydrogens is 244 g/mol. The lowest BCUT2D eigenvalue weighted by Gasteiger charge is -2.17. The Morgan fingerprint density at radius 2 is 2.32 bits per heavy atom. The van der Waals surface area contributed by atoms with Gasteiger partial charge in [0, 0.05) is 31.3 Å². The predicted octanol–water partition coefficient (Wildman–Crippen LogP) is 1.18. The molecule has 5 heteroatoms. The van der Waals surface area contributed by atoms with Crippen LogP contribution in [0.4, 0.5) is 5.69 Å². The van der Waals surface area contributed by atoms with Gasteiger partial charge in [0.1, 0.15) is 5.75 Å². The summed E-state index contributed by atoms with van der Waals surface area (Å²) in [6, 6.07) is 7.31. The second-order valence-corrected chi connectivity index (χ2v) is 4.50. The van der Waals surface area contributed by atoms with Gasteiger partial charge in [-0.15, -0.1) is 0 Å². The maximum atomic E-state index is 12.0. The summed E-state index contributed by atoms with van der Waals surface area (Å²) >= 11 is 0. The summed E-state index contributed by atoms with van der Waals surface area (Å²) in [6.45, 7) is 2.88. The van der Waals surface area contributed by atoms with Crippen molar-refractivity contribution in [2.45, 2.75) is 13.3 Å². The van der Waals surface area contributed by atoms with Gasteiger partial charge in [0.15, 0.2) is 0 Å². The largest absolute Gasteiger partial charge is 0.497 e. The lowest BCUT2D eigenvalue weighted by molar-refractivity contribution is -0.126. The summed E-state index contributed by atoms with van der Waals surface area (Å²) < 4.78 is 5.15. The molecule has 0 unspecified atom stereocenters. The molecule has 0 bridgehead atoms. The Morgan fingerprint density at radius 3 is 3.00 bits per heavy atom. The van der Waals surface area contributed by atoms with Crippen molar-refractivity contribution in [3.63, 3.8) is 0 Å². The first-order valence-corrected chi connectivity index (χ1v) is 6.37. The van der Waals surface area contributed by atoms with Crippen LogP contribution in [-0.4, -0.2) is 32.0 Å². The number of carbonyl (C=O) groups is 2. The third kappa shape index (κ3) is 2.86. The molecule has 2 amide bonds. The fourth-order valence-electron chi connectivity index (χ4n) is 2.23. The van der Waals surface area contributed by atoms with Crippen LogP contribution in [0.5, 0.6) is 5.75 Å². The zero-order valence-corrected chi connectivity index (χ0v) is 11.2. The van der Waals surface area contributed by atoms with Crippen molar-refractivity contribution in [3.8, 4) is 5.75 Å². The zero-order chi connectivity index (χ0) is 13.8. The molecule has 1 saturated heterocycles. The number of benzene rings is 1. The number of nitrogens with zero attached hydrogens (tertiary/aromatic N) is 1. The number of hydrogen-bond acceptors (Lipinski definition) is 3. The third-order valence-corrected chi connectivity index (χ3v) is 3.21. The molecule has 1 fully saturated rings. The van der Waals surface area contributed by atoms with Gasteiger partial charge in [-0.25, -0.2) is 0 Å². The molecule has 0 spiro atoms. The summed E-state index contributed by atoms with van der Waals surface area (Å²) in [5.41, 5.74) is 0.774. The maximum Gasteiger partial charge on any atom is 0.227 e. The highest BCUT2D eigenvalue weighted by Gasteiger charge is 2.34. The fourth-order valence-corrected chi connectivity index (χ4v) is 2.23. The van der Waals surface area contributed by atoms with Crippen LogP contribution in [0.3, 0.4) is 0 Å². The predicted molar refractivity (Wildman–Crippen MR) is 72.1 cm³/mol. The molecule has 1 aliphatic heterocycles. The monoisotopic (exact) mass is 262 g/mol. The van der Waals surface area contributed by atoms with Crippen molar-refractivity contribution in [2.24, 2.45) is 5.92 Å². The minimum absolute atomic E-state index is 0.0236. The lowest BCUT2D eigenvalue weighted by atomic mass is 10.1. The van der Waals surface area contributed by atoms with E-state index in [0.717, 1.165) is 5.69 Å². The van der Waals surface area contributed by atoms with E-state index in [0.29, 0.717) is 18.8 Å². The van der Waals surface area contributed by atoms with Crippen LogP contribution in [-0.2, 0) is 9.59 Å². The molecule has 19 heavy (non-hydrogen) atoms. The molecule has 1 atom stereocenters. The van der Waals surface area contributed by atoms with Gasteiger partial charge in [-0.1, -0.05) is 6.07 Å². The van der Waals surface area contributed by atoms with E-state index in [1.807, 2.05) is 25.1 Å². The highest BCUT2D eigenvalue weighted by atomic mass is 16.5. The summed E-state index contributed by atoms with van der Waals surface area (Å²) in [4.78, 5) is 25.4. The molecule has 1 aromatic carbocycles. The highest BCUT2D eigenvalue weighted by molar-refractivity contribution is 6.00. The second-order valence-electron chi connectivity index (χ2n) is 4.50. The first kappa shape index (κ1) is 13.4. The second kappa shape index (κ2) is 5.73. The van der Waals surface area contributed by atoms with E-state index in [9.17, 15) is 9.59 Å². The van der Waals surface area contributed by atoms with Crippen molar-refractivity contribution >= 4 is 17.5 Å². The van der Waals surface area contributed by atoms with Crippen LogP contribution >= 0.6 is 0 Å². The van der Waals surface area contributed by atoms with Gasteiger partial charge < -0.3 is 15.0 Å². The molecule has 1 aliphatic rings. The lowest BCUT2D eigenvalue weighted by Crippen LogP contribution is -2.32. The van der Waals surface area contributed by atoms with Crippen LogP contribution < -0.4 is 15.0 Å². The van der Waals surface area contributed by atoms with Crippen LogP contribution in [0.2, 0.25) is 0 Å². The van der Waals surface area contributed by atoms with E-state index < -0.39 is 0 Å². The number of hydrogen-bond donors (Lipinski definition) is 1. The standard InChI is InChI=1S/C14H18N2O3/c1-3-15-14(18)10-7-13(17)16(9-10)11-5-4-6-12(8-11)19-2/h4-6,8,10H,3,7,9H2,1-2H3,(H,15,18)/t10-/m0/s1. The van der Waals surface area contributed by atoms with Crippen LogP contribution in [0.1, 0.15) is 13.3 Å². The Hall–Kier alpha value is -2.04. The summed E-state index contributed by atoms with van der Waals surface area (Å²) in [5.74, 6) is 0.358. The molecule has 0 saturated carbocycles. The van der Waals surface area contributed by atoms with Gasteiger partial charge in [0.05, 0.1) is 13.0 Å². The smallest absolute Gasteiger partial charge is 0.227 e. The molecule has 2 rings (SSSR count). The van der Waals surface area contributed by atoms with Gasteiger partial charge in [-0.05, 0) is 19.1 Å². The van der Waals surface area contributed by atoms with E-state index >= 15 is 0 Å².